The van der Waals surface area contributed by atoms with E-state index in [1.807, 2.05) is 18.2 Å². The highest BCUT2D eigenvalue weighted by atomic mass is 15.2. The first-order valence-electron chi connectivity index (χ1n) is 41.9. The molecule has 0 saturated heterocycles. The van der Waals surface area contributed by atoms with Crippen LogP contribution in [0.3, 0.4) is 0 Å². The van der Waals surface area contributed by atoms with E-state index >= 15 is 0 Å². The lowest BCUT2D eigenvalue weighted by Gasteiger charge is -2.46. The van der Waals surface area contributed by atoms with Crippen molar-refractivity contribution in [3.05, 3.63) is 387 Å². The summed E-state index contributed by atoms with van der Waals surface area (Å²) >= 11 is 0. The first-order valence-corrected chi connectivity index (χ1v) is 37.9. The van der Waals surface area contributed by atoms with Gasteiger partial charge in [-0.25, -0.2) is 0 Å². The molecule has 6 heteroatoms. The van der Waals surface area contributed by atoms with Crippen LogP contribution in [0.1, 0.15) is 63.6 Å². The molecular formula is C104H80BN5. The van der Waals surface area contributed by atoms with Crippen LogP contribution in [0.25, 0.3) is 111 Å². The van der Waals surface area contributed by atoms with Crippen molar-refractivity contribution in [2.45, 2.75) is 52.4 Å². The topological polar surface area (TPSA) is 19.6 Å². The molecule has 110 heavy (non-hydrogen) atoms. The van der Waals surface area contributed by atoms with Crippen molar-refractivity contribution in [3.63, 3.8) is 0 Å². The molecule has 0 spiro atoms. The number of benzene rings is 16. The van der Waals surface area contributed by atoms with Gasteiger partial charge in [0.05, 0.1) is 50.1 Å². The summed E-state index contributed by atoms with van der Waals surface area (Å²) in [5.74, 6) is 0. The van der Waals surface area contributed by atoms with Gasteiger partial charge in [0.25, 0.3) is 6.71 Å². The standard InChI is InChI=1S/C104H80BN5/c1-103(2,3)75-41-30-40-73(62-75)74-54-60-90-96(63-74)109(102-88(71-36-16-9-17-37-71)64-76(104(4,5)6)65-89(102)72-38-18-10-19-39-72)98-67-81(108-94-52-28-24-46-86(94)87-47-25-29-53-95(87)108)68-99-100(98)105(90)91-61-59-80(66-97(91)110(99)101-82(69-32-12-7-13-33-69)48-31-49-83(101)70-34-14-8-15-35-70)106(77-42-20-11-21-43-77)78-55-57-79(58-56-78)107-92-50-26-22-44-84(92)85-45-23-27-51-93(85)107/h7-68H,1-6H3/i24D,25D,28D,29D,46D,47D,52D,53D. The number of aromatic nitrogens is 2. The Bertz CT molecular complexity index is 6870. The van der Waals surface area contributed by atoms with Crippen LogP contribution in [0.5, 0.6) is 0 Å². The Morgan fingerprint density at radius 2 is 0.691 bits per heavy atom. The van der Waals surface area contributed by atoms with Gasteiger partial charge in [0.1, 0.15) is 0 Å². The van der Waals surface area contributed by atoms with E-state index in [9.17, 15) is 11.0 Å². The van der Waals surface area contributed by atoms with Gasteiger partial charge in [-0.2, -0.15) is 0 Å². The number of para-hydroxylation sites is 6. The highest BCUT2D eigenvalue weighted by Gasteiger charge is 2.46. The average Bonchev–Trinajstić information content (AvgIpc) is 1.20. The Balaban J connectivity index is 0.976. The Labute approximate surface area is 655 Å². The van der Waals surface area contributed by atoms with Gasteiger partial charge in [-0.1, -0.05) is 314 Å². The normalized spacial score (nSPS) is 13.6. The van der Waals surface area contributed by atoms with Crippen LogP contribution in [0.4, 0.5) is 51.2 Å². The summed E-state index contributed by atoms with van der Waals surface area (Å²) in [5, 5.41) is 2.31. The third-order valence-corrected chi connectivity index (χ3v) is 22.4. The van der Waals surface area contributed by atoms with Crippen molar-refractivity contribution in [1.29, 1.82) is 0 Å². The van der Waals surface area contributed by atoms with Crippen molar-refractivity contribution < 1.29 is 11.0 Å². The van der Waals surface area contributed by atoms with Crippen LogP contribution in [-0.2, 0) is 10.8 Å². The number of fused-ring (bicyclic) bond motifs is 10. The van der Waals surface area contributed by atoms with Crippen molar-refractivity contribution in [1.82, 2.24) is 9.13 Å². The zero-order valence-electron chi connectivity index (χ0n) is 70.0. The molecule has 2 aromatic heterocycles. The number of hydrogen-bond acceptors (Lipinski definition) is 3. The van der Waals surface area contributed by atoms with E-state index in [1.165, 1.54) is 16.3 Å². The first kappa shape index (κ1) is 57.8. The fourth-order valence-corrected chi connectivity index (χ4v) is 17.2. The molecule has 18 aromatic rings. The quantitative estimate of drug-likeness (QED) is 0.114. The summed E-state index contributed by atoms with van der Waals surface area (Å²) in [6.07, 6.45) is 0. The third-order valence-electron chi connectivity index (χ3n) is 22.4. The fraction of sp³-hybridized carbons (Fsp3) is 0.0769. The predicted molar refractivity (Wildman–Crippen MR) is 468 cm³/mol. The maximum Gasteiger partial charge on any atom is 0.252 e. The van der Waals surface area contributed by atoms with Gasteiger partial charge in [-0.15, -0.1) is 0 Å². The minimum atomic E-state index is -0.553. The van der Waals surface area contributed by atoms with Gasteiger partial charge in [0, 0.05) is 89.3 Å². The minimum absolute atomic E-state index is 0.00679. The monoisotopic (exact) mass is 1420 g/mol. The van der Waals surface area contributed by atoms with E-state index < -0.39 is 55.1 Å². The van der Waals surface area contributed by atoms with Crippen LogP contribution < -0.4 is 31.1 Å². The summed E-state index contributed by atoms with van der Waals surface area (Å²) in [7, 11) is 0. The molecule has 4 heterocycles. The lowest BCUT2D eigenvalue weighted by Crippen LogP contribution is -2.61. The van der Waals surface area contributed by atoms with Gasteiger partial charge >= 0.3 is 0 Å². The highest BCUT2D eigenvalue weighted by molar-refractivity contribution is 7.00. The maximum absolute atomic E-state index is 10.3. The molecule has 2 aliphatic heterocycles. The van der Waals surface area contributed by atoms with Gasteiger partial charge in [-0.05, 0) is 175 Å². The molecule has 0 unspecified atom stereocenters. The summed E-state index contributed by atoms with van der Waals surface area (Å²) in [6, 6.07) is 113. The molecule has 0 radical (unpaired) electrons. The van der Waals surface area contributed by atoms with Gasteiger partial charge in [0.2, 0.25) is 0 Å². The third kappa shape index (κ3) is 11.0. The molecule has 16 aromatic carbocycles. The molecular weight excluding hydrogens is 1330 g/mol. The second kappa shape index (κ2) is 26.2. The summed E-state index contributed by atoms with van der Waals surface area (Å²) in [5.41, 5.74) is 25.6. The van der Waals surface area contributed by atoms with E-state index in [0.717, 1.165) is 140 Å². The van der Waals surface area contributed by atoms with Crippen LogP contribution in [0.15, 0.2) is 376 Å². The van der Waals surface area contributed by atoms with E-state index in [-0.39, 0.29) is 32.6 Å². The van der Waals surface area contributed by atoms with Crippen molar-refractivity contribution in [2.75, 3.05) is 14.7 Å². The Morgan fingerprint density at radius 3 is 1.22 bits per heavy atom. The van der Waals surface area contributed by atoms with Gasteiger partial charge < -0.3 is 23.8 Å². The fourth-order valence-electron chi connectivity index (χ4n) is 17.2. The number of rotatable bonds is 12. The Morgan fingerprint density at radius 1 is 0.282 bits per heavy atom. The predicted octanol–water partition coefficient (Wildman–Crippen LogP) is 26.4. The zero-order chi connectivity index (χ0) is 80.9. The van der Waals surface area contributed by atoms with E-state index in [4.69, 9.17) is 0 Å². The molecule has 0 atom stereocenters. The second-order valence-electron chi connectivity index (χ2n) is 31.0. The molecule has 0 bridgehead atoms. The maximum atomic E-state index is 10.3. The molecule has 0 N–H and O–H groups in total. The molecule has 5 nitrogen and oxygen atoms in total. The number of nitrogens with zero attached hydrogens (tertiary/aromatic N) is 5. The van der Waals surface area contributed by atoms with E-state index in [2.05, 4.69) is 370 Å². The summed E-state index contributed by atoms with van der Waals surface area (Å²) < 4.78 is 82.3. The molecule has 2 aliphatic rings. The SMILES string of the molecule is [2H]c1c([2H])c([2H])c2c(c1[2H])c1c([2H])c([2H])c([2H])c([2H])c1n2-c1cc2c3c(c1)N(c1c(-c4ccccc4)cccc1-c1ccccc1)c1cc(N(c4ccccc4)c4ccc(-n5c6ccccc6c6ccccc65)cc4)ccc1B3c1ccc(-c3cccc(C(C)(C)C)c3)cc1N2c1c(-c2ccccc2)cc(C(C)(C)C)cc1-c1ccccc1. The van der Waals surface area contributed by atoms with Gasteiger partial charge in [-0.3, -0.25) is 0 Å². The molecule has 524 valence electrons. The average molecular weight is 1420 g/mol. The van der Waals surface area contributed by atoms with Crippen LogP contribution in [0, 0.1) is 0 Å². The molecule has 0 aliphatic carbocycles. The van der Waals surface area contributed by atoms with Crippen LogP contribution in [0.2, 0.25) is 0 Å². The summed E-state index contributed by atoms with van der Waals surface area (Å²) in [6.45, 7) is 13.0. The van der Waals surface area contributed by atoms with Crippen molar-refractivity contribution in [3.8, 4) is 67.0 Å². The lowest BCUT2D eigenvalue weighted by molar-refractivity contribution is 0.590. The number of anilines is 9. The molecule has 20 rings (SSSR count). The molecule has 0 saturated carbocycles. The van der Waals surface area contributed by atoms with Crippen molar-refractivity contribution >= 4 is 118 Å². The summed E-state index contributed by atoms with van der Waals surface area (Å²) in [4.78, 5) is 7.22. The zero-order valence-corrected chi connectivity index (χ0v) is 62.0. The minimum Gasteiger partial charge on any atom is -0.310 e. The largest absolute Gasteiger partial charge is 0.310 e. The Hall–Kier alpha value is -13.4. The second-order valence-corrected chi connectivity index (χ2v) is 31.0. The van der Waals surface area contributed by atoms with Crippen LogP contribution in [-0.4, -0.2) is 15.8 Å². The van der Waals surface area contributed by atoms with Crippen LogP contribution >= 0.6 is 0 Å². The van der Waals surface area contributed by atoms with E-state index in [1.54, 1.807) is 4.57 Å². The smallest absolute Gasteiger partial charge is 0.252 e. The molecule has 0 amide bonds. The number of hydrogen-bond donors (Lipinski definition) is 0. The first-order chi connectivity index (χ1) is 57.2. The lowest BCUT2D eigenvalue weighted by atomic mass is 9.33. The van der Waals surface area contributed by atoms with Gasteiger partial charge in [0.15, 0.2) is 0 Å². The van der Waals surface area contributed by atoms with E-state index in [0.29, 0.717) is 11.4 Å². The van der Waals surface area contributed by atoms with Crippen molar-refractivity contribution in [2.24, 2.45) is 0 Å². The highest BCUT2D eigenvalue weighted by Crippen LogP contribution is 2.56. The Kier molecular flexibility index (Phi) is 13.8. The molecule has 0 fully saturated rings.